The molecule has 3 aromatic rings. The Balaban J connectivity index is 1.64. The van der Waals surface area contributed by atoms with Gasteiger partial charge in [0.25, 0.3) is 11.8 Å². The van der Waals surface area contributed by atoms with Crippen molar-refractivity contribution in [3.8, 4) is 0 Å². The zero-order chi connectivity index (χ0) is 17.8. The van der Waals surface area contributed by atoms with E-state index >= 15 is 0 Å². The van der Waals surface area contributed by atoms with E-state index in [1.54, 1.807) is 17.5 Å². The lowest BCUT2D eigenvalue weighted by atomic mass is 10.2. The summed E-state index contributed by atoms with van der Waals surface area (Å²) in [6.45, 7) is 0. The van der Waals surface area contributed by atoms with E-state index in [2.05, 4.69) is 15.6 Å². The van der Waals surface area contributed by atoms with Crippen molar-refractivity contribution in [3.63, 3.8) is 0 Å². The average molecular weight is 356 g/mol. The van der Waals surface area contributed by atoms with E-state index < -0.39 is 11.8 Å². The number of carbonyl (C=O) groups excluding carboxylic acids is 3. The van der Waals surface area contributed by atoms with E-state index in [1.165, 1.54) is 35.6 Å². The molecule has 126 valence electrons. The Morgan fingerprint density at radius 2 is 1.80 bits per heavy atom. The number of amides is 3. The van der Waals surface area contributed by atoms with Gasteiger partial charge in [-0.2, -0.15) is 4.98 Å². The third-order valence-corrected chi connectivity index (χ3v) is 4.00. The summed E-state index contributed by atoms with van der Waals surface area (Å²) in [5.74, 6) is -1.45. The van der Waals surface area contributed by atoms with Crippen LogP contribution in [-0.2, 0) is 0 Å². The van der Waals surface area contributed by atoms with E-state index in [1.807, 2.05) is 0 Å². The third-order valence-electron chi connectivity index (χ3n) is 3.13. The number of benzene rings is 1. The molecule has 0 fully saturated rings. The number of rotatable bonds is 5. The van der Waals surface area contributed by atoms with Gasteiger partial charge < -0.3 is 15.5 Å². The first kappa shape index (κ1) is 16.4. The number of nitrogens with two attached hydrogens (primary N) is 1. The molecule has 9 heteroatoms. The van der Waals surface area contributed by atoms with Gasteiger partial charge >= 0.3 is 6.01 Å². The zero-order valence-corrected chi connectivity index (χ0v) is 13.5. The zero-order valence-electron chi connectivity index (χ0n) is 12.7. The van der Waals surface area contributed by atoms with Crippen LogP contribution in [0.4, 0.5) is 11.7 Å². The van der Waals surface area contributed by atoms with Crippen molar-refractivity contribution >= 4 is 40.8 Å². The Kier molecular flexibility index (Phi) is 4.57. The number of thiophene rings is 1. The summed E-state index contributed by atoms with van der Waals surface area (Å²) in [6, 6.07) is 9.40. The van der Waals surface area contributed by atoms with Crippen LogP contribution < -0.4 is 16.4 Å². The van der Waals surface area contributed by atoms with Crippen molar-refractivity contribution in [1.82, 2.24) is 4.98 Å². The van der Waals surface area contributed by atoms with Gasteiger partial charge in [-0.25, -0.2) is 0 Å². The maximum Gasteiger partial charge on any atom is 0.302 e. The van der Waals surface area contributed by atoms with Gasteiger partial charge in [-0.3, -0.25) is 19.7 Å². The molecule has 0 radical (unpaired) electrons. The van der Waals surface area contributed by atoms with E-state index in [4.69, 9.17) is 10.2 Å². The average Bonchev–Trinajstić information content (AvgIpc) is 3.27. The molecule has 4 N–H and O–H groups in total. The van der Waals surface area contributed by atoms with Crippen LogP contribution in [0.15, 0.2) is 52.5 Å². The minimum atomic E-state index is -0.555. The molecular formula is C16H12N4O4S. The molecule has 2 heterocycles. The van der Waals surface area contributed by atoms with E-state index in [9.17, 15) is 14.4 Å². The van der Waals surface area contributed by atoms with E-state index in [0.29, 0.717) is 16.1 Å². The van der Waals surface area contributed by atoms with Gasteiger partial charge in [0, 0.05) is 11.3 Å². The first-order valence-corrected chi connectivity index (χ1v) is 7.92. The quantitative estimate of drug-likeness (QED) is 0.646. The molecule has 3 rings (SSSR count). The fourth-order valence-corrected chi connectivity index (χ4v) is 2.53. The standard InChI is InChI=1S/C16H12N4O4S/c17-13(21)9-3-5-10(6-4-9)18-14(22)11-8-24-16(19-11)20-15(23)12-2-1-7-25-12/h1-8H,(H2,17,21)(H,18,22)(H,19,20,23). The monoisotopic (exact) mass is 356 g/mol. The van der Waals surface area contributed by atoms with Gasteiger partial charge in [-0.1, -0.05) is 6.07 Å². The lowest BCUT2D eigenvalue weighted by Crippen LogP contribution is -2.14. The summed E-state index contributed by atoms with van der Waals surface area (Å²) < 4.78 is 5.08. The SMILES string of the molecule is NC(=O)c1ccc(NC(=O)c2coc(NC(=O)c3cccs3)n2)cc1. The van der Waals surface area contributed by atoms with Crippen molar-refractivity contribution in [3.05, 3.63) is 64.2 Å². The number of nitrogens with one attached hydrogen (secondary N) is 2. The second-order valence-corrected chi connectivity index (χ2v) is 5.81. The van der Waals surface area contributed by atoms with Crippen LogP contribution in [0.2, 0.25) is 0 Å². The van der Waals surface area contributed by atoms with Crippen LogP contribution in [0, 0.1) is 0 Å². The maximum absolute atomic E-state index is 12.1. The molecule has 1 aromatic carbocycles. The van der Waals surface area contributed by atoms with Crippen LogP contribution in [-0.4, -0.2) is 22.7 Å². The lowest BCUT2D eigenvalue weighted by molar-refractivity contribution is 0.0996. The van der Waals surface area contributed by atoms with Crippen LogP contribution in [0.25, 0.3) is 0 Å². The Bertz CT molecular complexity index is 916. The Labute approximate surface area is 145 Å². The topological polar surface area (TPSA) is 127 Å². The number of hydrogen-bond donors (Lipinski definition) is 3. The summed E-state index contributed by atoms with van der Waals surface area (Å²) in [6.07, 6.45) is 1.14. The molecule has 0 aliphatic heterocycles. The smallest absolute Gasteiger partial charge is 0.302 e. The summed E-state index contributed by atoms with van der Waals surface area (Å²) in [5, 5.41) is 6.83. The highest BCUT2D eigenvalue weighted by Gasteiger charge is 2.15. The second-order valence-electron chi connectivity index (χ2n) is 4.87. The molecular weight excluding hydrogens is 344 g/mol. The van der Waals surface area contributed by atoms with Crippen molar-refractivity contribution in [2.75, 3.05) is 10.6 Å². The Morgan fingerprint density at radius 1 is 1.04 bits per heavy atom. The van der Waals surface area contributed by atoms with Gasteiger partial charge in [-0.15, -0.1) is 11.3 Å². The van der Waals surface area contributed by atoms with Crippen LogP contribution in [0.5, 0.6) is 0 Å². The maximum atomic E-state index is 12.1. The number of oxazole rings is 1. The fourth-order valence-electron chi connectivity index (χ4n) is 1.91. The predicted octanol–water partition coefficient (Wildman–Crippen LogP) is 2.34. The number of carbonyl (C=O) groups is 3. The van der Waals surface area contributed by atoms with Crippen molar-refractivity contribution in [2.24, 2.45) is 5.73 Å². The van der Waals surface area contributed by atoms with Gasteiger partial charge in [0.15, 0.2) is 5.69 Å². The summed E-state index contributed by atoms with van der Waals surface area (Å²) in [4.78, 5) is 39.4. The predicted molar refractivity (Wildman–Crippen MR) is 91.7 cm³/mol. The normalized spacial score (nSPS) is 10.2. The Hall–Kier alpha value is -3.46. The largest absolute Gasteiger partial charge is 0.431 e. The summed E-state index contributed by atoms with van der Waals surface area (Å²) >= 11 is 1.27. The van der Waals surface area contributed by atoms with Gasteiger partial charge in [-0.05, 0) is 35.7 Å². The molecule has 0 bridgehead atoms. The van der Waals surface area contributed by atoms with Crippen molar-refractivity contribution < 1.29 is 18.8 Å². The Morgan fingerprint density at radius 3 is 2.44 bits per heavy atom. The minimum Gasteiger partial charge on any atom is -0.431 e. The second kappa shape index (κ2) is 6.97. The molecule has 8 nitrogen and oxygen atoms in total. The van der Waals surface area contributed by atoms with E-state index in [-0.39, 0.29) is 17.6 Å². The molecule has 0 saturated carbocycles. The molecule has 3 amide bonds. The number of anilines is 2. The highest BCUT2D eigenvalue weighted by atomic mass is 32.1. The van der Waals surface area contributed by atoms with Gasteiger partial charge in [0.05, 0.1) is 4.88 Å². The van der Waals surface area contributed by atoms with Gasteiger partial charge in [0.1, 0.15) is 6.26 Å². The number of aromatic nitrogens is 1. The number of primary amides is 1. The highest BCUT2D eigenvalue weighted by Crippen LogP contribution is 2.15. The van der Waals surface area contributed by atoms with Crippen molar-refractivity contribution in [2.45, 2.75) is 0 Å². The highest BCUT2D eigenvalue weighted by molar-refractivity contribution is 7.12. The molecule has 0 saturated heterocycles. The first-order chi connectivity index (χ1) is 12.0. The summed E-state index contributed by atoms with van der Waals surface area (Å²) in [5.41, 5.74) is 5.94. The van der Waals surface area contributed by atoms with Crippen LogP contribution in [0.1, 0.15) is 30.5 Å². The van der Waals surface area contributed by atoms with E-state index in [0.717, 1.165) is 6.26 Å². The first-order valence-electron chi connectivity index (χ1n) is 7.04. The van der Waals surface area contributed by atoms with Crippen LogP contribution >= 0.6 is 11.3 Å². The molecule has 0 aliphatic carbocycles. The lowest BCUT2D eigenvalue weighted by Gasteiger charge is -2.03. The molecule has 0 unspecified atom stereocenters. The number of nitrogens with zero attached hydrogens (tertiary/aromatic N) is 1. The van der Waals surface area contributed by atoms with Crippen LogP contribution in [0.3, 0.4) is 0 Å². The molecule has 2 aromatic heterocycles. The third kappa shape index (κ3) is 3.90. The van der Waals surface area contributed by atoms with Gasteiger partial charge in [0.2, 0.25) is 5.91 Å². The number of hydrogen-bond acceptors (Lipinski definition) is 6. The van der Waals surface area contributed by atoms with Crippen molar-refractivity contribution in [1.29, 1.82) is 0 Å². The molecule has 0 aliphatic rings. The molecule has 25 heavy (non-hydrogen) atoms. The fraction of sp³-hybridized carbons (Fsp3) is 0. The molecule has 0 atom stereocenters. The summed E-state index contributed by atoms with van der Waals surface area (Å²) in [7, 11) is 0. The minimum absolute atomic E-state index is 0.000423. The molecule has 0 spiro atoms.